The number of unbranched alkanes of at least 4 members (excludes halogenated alkanes) is 1. The van der Waals surface area contributed by atoms with E-state index >= 15 is 0 Å². The average Bonchev–Trinajstić information content (AvgIpc) is 2.70. The van der Waals surface area contributed by atoms with Crippen LogP contribution >= 0.6 is 11.6 Å². The molecule has 2 aromatic carbocycles. The third kappa shape index (κ3) is 3.45. The molecule has 1 unspecified atom stereocenters. The predicted molar refractivity (Wildman–Crippen MR) is 95.5 cm³/mol. The zero-order valence-corrected chi connectivity index (χ0v) is 13.8. The molecular weight excluding hydrogens is 308 g/mol. The highest BCUT2D eigenvalue weighted by atomic mass is 35.5. The molecule has 2 aromatic rings. The lowest BCUT2D eigenvalue weighted by molar-refractivity contribution is -0.117. The summed E-state index contributed by atoms with van der Waals surface area (Å²) in [6, 6.07) is 15.1. The molecule has 0 bridgehead atoms. The standard InChI is InChI=1S/C19H19ClN2O/c1-2-3-9-17-19(23)22-16-11-10-14(20)12-15(16)18(21-17)13-7-5-4-6-8-13/h4-8,10-12,17H,2-3,9H2,1H3,(H,22,23). The molecule has 1 aliphatic rings. The van der Waals surface area contributed by atoms with Gasteiger partial charge in [-0.3, -0.25) is 9.79 Å². The normalized spacial score (nSPS) is 17.0. The van der Waals surface area contributed by atoms with Crippen LogP contribution in [0.3, 0.4) is 0 Å². The molecule has 0 spiro atoms. The summed E-state index contributed by atoms with van der Waals surface area (Å²) in [6.07, 6.45) is 2.76. The minimum absolute atomic E-state index is 0.0482. The lowest BCUT2D eigenvalue weighted by Crippen LogP contribution is -2.25. The zero-order valence-electron chi connectivity index (χ0n) is 13.1. The summed E-state index contributed by atoms with van der Waals surface area (Å²) in [5, 5.41) is 3.63. The van der Waals surface area contributed by atoms with Crippen molar-refractivity contribution in [3.8, 4) is 0 Å². The van der Waals surface area contributed by atoms with E-state index in [0.717, 1.165) is 41.8 Å². The van der Waals surface area contributed by atoms with Crippen molar-refractivity contribution in [3.05, 3.63) is 64.7 Å². The molecule has 23 heavy (non-hydrogen) atoms. The van der Waals surface area contributed by atoms with Gasteiger partial charge in [0.25, 0.3) is 0 Å². The first-order valence-corrected chi connectivity index (χ1v) is 8.31. The molecule has 0 saturated carbocycles. The molecule has 1 amide bonds. The summed E-state index contributed by atoms with van der Waals surface area (Å²) in [6.45, 7) is 2.12. The Hall–Kier alpha value is -2.13. The van der Waals surface area contributed by atoms with Gasteiger partial charge >= 0.3 is 0 Å². The number of hydrogen-bond donors (Lipinski definition) is 1. The summed E-state index contributed by atoms with van der Waals surface area (Å²) in [5.41, 5.74) is 3.45. The molecule has 1 atom stereocenters. The number of benzodiazepines with no additional fused rings is 1. The van der Waals surface area contributed by atoms with Crippen molar-refractivity contribution >= 4 is 28.9 Å². The minimum Gasteiger partial charge on any atom is -0.324 e. The largest absolute Gasteiger partial charge is 0.324 e. The number of fused-ring (bicyclic) bond motifs is 1. The predicted octanol–water partition coefficient (Wildman–Crippen LogP) is 4.69. The second kappa shape index (κ2) is 6.97. The van der Waals surface area contributed by atoms with Crippen molar-refractivity contribution in [2.45, 2.75) is 32.2 Å². The molecule has 1 aliphatic heterocycles. The molecule has 0 saturated heterocycles. The highest BCUT2D eigenvalue weighted by molar-refractivity contribution is 6.32. The van der Waals surface area contributed by atoms with Gasteiger partial charge in [0, 0.05) is 16.1 Å². The summed E-state index contributed by atoms with van der Waals surface area (Å²) < 4.78 is 0. The molecule has 3 rings (SSSR count). The van der Waals surface area contributed by atoms with E-state index in [1.165, 1.54) is 0 Å². The fourth-order valence-electron chi connectivity index (χ4n) is 2.74. The van der Waals surface area contributed by atoms with Crippen molar-refractivity contribution in [1.82, 2.24) is 0 Å². The maximum absolute atomic E-state index is 12.5. The number of carbonyl (C=O) groups is 1. The number of carbonyl (C=O) groups excluding carboxylic acids is 1. The Balaban J connectivity index is 2.13. The Kier molecular flexibility index (Phi) is 4.77. The lowest BCUT2D eigenvalue weighted by atomic mass is 10.0. The number of halogens is 1. The highest BCUT2D eigenvalue weighted by Crippen LogP contribution is 2.28. The van der Waals surface area contributed by atoms with Crippen LogP contribution in [0.25, 0.3) is 0 Å². The van der Waals surface area contributed by atoms with Crippen molar-refractivity contribution in [1.29, 1.82) is 0 Å². The third-order valence-electron chi connectivity index (χ3n) is 3.96. The average molecular weight is 327 g/mol. The van der Waals surface area contributed by atoms with Crippen molar-refractivity contribution in [2.75, 3.05) is 5.32 Å². The fraction of sp³-hybridized carbons (Fsp3) is 0.263. The molecule has 3 nitrogen and oxygen atoms in total. The van der Waals surface area contributed by atoms with Gasteiger partial charge in [-0.25, -0.2) is 0 Å². The minimum atomic E-state index is -0.365. The van der Waals surface area contributed by atoms with Crippen LogP contribution in [0.1, 0.15) is 37.3 Å². The first-order valence-electron chi connectivity index (χ1n) is 7.93. The Morgan fingerprint density at radius 3 is 2.70 bits per heavy atom. The van der Waals surface area contributed by atoms with Gasteiger partial charge in [-0.2, -0.15) is 0 Å². The summed E-state index contributed by atoms with van der Waals surface area (Å²) in [5.74, 6) is -0.0482. The fourth-order valence-corrected chi connectivity index (χ4v) is 2.91. The number of benzene rings is 2. The van der Waals surface area contributed by atoms with Gasteiger partial charge in [-0.1, -0.05) is 61.7 Å². The van der Waals surface area contributed by atoms with Crippen molar-refractivity contribution in [2.24, 2.45) is 4.99 Å². The Labute approximate surface area is 141 Å². The molecule has 0 aromatic heterocycles. The van der Waals surface area contributed by atoms with E-state index in [-0.39, 0.29) is 11.9 Å². The molecule has 0 fully saturated rings. The van der Waals surface area contributed by atoms with Crippen LogP contribution < -0.4 is 5.32 Å². The van der Waals surface area contributed by atoms with E-state index in [0.29, 0.717) is 5.02 Å². The van der Waals surface area contributed by atoms with E-state index in [9.17, 15) is 4.79 Å². The van der Waals surface area contributed by atoms with E-state index in [4.69, 9.17) is 16.6 Å². The van der Waals surface area contributed by atoms with Gasteiger partial charge in [0.2, 0.25) is 5.91 Å². The van der Waals surface area contributed by atoms with Gasteiger partial charge in [-0.15, -0.1) is 0 Å². The lowest BCUT2D eigenvalue weighted by Gasteiger charge is -2.10. The Morgan fingerprint density at radius 2 is 1.96 bits per heavy atom. The molecule has 118 valence electrons. The molecule has 0 aliphatic carbocycles. The number of rotatable bonds is 4. The Bertz CT molecular complexity index is 740. The van der Waals surface area contributed by atoms with Gasteiger partial charge in [0.1, 0.15) is 6.04 Å². The highest BCUT2D eigenvalue weighted by Gasteiger charge is 2.25. The quantitative estimate of drug-likeness (QED) is 0.870. The van der Waals surface area contributed by atoms with Crippen LogP contribution in [-0.2, 0) is 4.79 Å². The number of anilines is 1. The number of hydrogen-bond acceptors (Lipinski definition) is 2. The van der Waals surface area contributed by atoms with Crippen LogP contribution in [0.15, 0.2) is 53.5 Å². The van der Waals surface area contributed by atoms with Gasteiger partial charge in [0.05, 0.1) is 11.4 Å². The van der Waals surface area contributed by atoms with E-state index in [1.807, 2.05) is 42.5 Å². The van der Waals surface area contributed by atoms with Crippen LogP contribution in [-0.4, -0.2) is 17.7 Å². The summed E-state index contributed by atoms with van der Waals surface area (Å²) >= 11 is 6.17. The maximum Gasteiger partial charge on any atom is 0.249 e. The monoisotopic (exact) mass is 326 g/mol. The summed E-state index contributed by atoms with van der Waals surface area (Å²) in [7, 11) is 0. The van der Waals surface area contributed by atoms with Gasteiger partial charge in [0.15, 0.2) is 0 Å². The molecule has 0 radical (unpaired) electrons. The van der Waals surface area contributed by atoms with Crippen molar-refractivity contribution in [3.63, 3.8) is 0 Å². The SMILES string of the molecule is CCCCC1N=C(c2ccccc2)c2cc(Cl)ccc2NC1=O. The van der Waals surface area contributed by atoms with Crippen LogP contribution in [0.5, 0.6) is 0 Å². The zero-order chi connectivity index (χ0) is 16.2. The van der Waals surface area contributed by atoms with Crippen LogP contribution in [0, 0.1) is 0 Å². The van der Waals surface area contributed by atoms with Crippen molar-refractivity contribution < 1.29 is 4.79 Å². The number of amides is 1. The number of nitrogens with zero attached hydrogens (tertiary/aromatic N) is 1. The van der Waals surface area contributed by atoms with Crippen LogP contribution in [0.2, 0.25) is 5.02 Å². The Morgan fingerprint density at radius 1 is 1.17 bits per heavy atom. The smallest absolute Gasteiger partial charge is 0.249 e. The van der Waals surface area contributed by atoms with E-state index < -0.39 is 0 Å². The second-order valence-electron chi connectivity index (χ2n) is 5.68. The molecular formula is C19H19ClN2O. The molecule has 1 N–H and O–H groups in total. The van der Waals surface area contributed by atoms with Gasteiger partial charge in [-0.05, 0) is 24.6 Å². The summed E-state index contributed by atoms with van der Waals surface area (Å²) in [4.78, 5) is 17.3. The topological polar surface area (TPSA) is 41.5 Å². The van der Waals surface area contributed by atoms with Crippen LogP contribution in [0.4, 0.5) is 5.69 Å². The van der Waals surface area contributed by atoms with E-state index in [1.54, 1.807) is 6.07 Å². The third-order valence-corrected chi connectivity index (χ3v) is 4.20. The maximum atomic E-state index is 12.5. The van der Waals surface area contributed by atoms with E-state index in [2.05, 4.69) is 12.2 Å². The van der Waals surface area contributed by atoms with Gasteiger partial charge < -0.3 is 5.32 Å². The molecule has 1 heterocycles. The number of nitrogens with one attached hydrogen (secondary N) is 1. The molecule has 4 heteroatoms. The first-order chi connectivity index (χ1) is 11.2. The second-order valence-corrected chi connectivity index (χ2v) is 6.12. The first kappa shape index (κ1) is 15.8. The number of aliphatic imine (C=N–C) groups is 1.